The summed E-state index contributed by atoms with van der Waals surface area (Å²) in [6, 6.07) is 1.05. The highest BCUT2D eigenvalue weighted by Gasteiger charge is 2.54. The van der Waals surface area contributed by atoms with Crippen molar-refractivity contribution in [2.24, 2.45) is 5.16 Å². The van der Waals surface area contributed by atoms with Gasteiger partial charge in [-0.25, -0.2) is 9.36 Å². The average Bonchev–Trinajstić information content (AvgIpc) is 3.24. The SMILES string of the molecule is C#CCON=C(C(=O)NC1C(=O)N2C(C(=O)O)=C(C[n+]3cc(C)cc(C)c3)CS[C@@H]12)c1nsc(N)n1. The summed E-state index contributed by atoms with van der Waals surface area (Å²) in [5, 5.41) is 15.7. The van der Waals surface area contributed by atoms with E-state index in [0.29, 0.717) is 17.9 Å². The molecule has 0 radical (unpaired) electrons. The van der Waals surface area contributed by atoms with Crippen LogP contribution in [0, 0.1) is 26.2 Å². The molecule has 2 aromatic rings. The number of aryl methyl sites for hydroxylation is 2. The Balaban J connectivity index is 1.54. The Morgan fingerprint density at radius 1 is 1.42 bits per heavy atom. The topological polar surface area (TPSA) is 164 Å². The van der Waals surface area contributed by atoms with Gasteiger partial charge in [-0.15, -0.1) is 18.2 Å². The molecule has 0 saturated carbocycles. The number of carboxylic acid groups (broad SMARTS) is 1. The number of hydrogen-bond donors (Lipinski definition) is 3. The summed E-state index contributed by atoms with van der Waals surface area (Å²) in [7, 11) is 0. The van der Waals surface area contributed by atoms with E-state index in [-0.39, 0.29) is 29.0 Å². The molecular formula is C22H22N7O5S2+. The fourth-order valence-electron chi connectivity index (χ4n) is 3.97. The summed E-state index contributed by atoms with van der Waals surface area (Å²) in [4.78, 5) is 48.2. The minimum Gasteiger partial charge on any atom is -0.477 e. The number of nitrogens with zero attached hydrogens (tertiary/aromatic N) is 5. The predicted octanol–water partition coefficient (Wildman–Crippen LogP) is -0.183. The minimum atomic E-state index is -1.20. The van der Waals surface area contributed by atoms with Gasteiger partial charge in [-0.2, -0.15) is 9.36 Å². The molecule has 1 unspecified atom stereocenters. The first kappa shape index (κ1) is 25.1. The molecule has 1 fully saturated rings. The van der Waals surface area contributed by atoms with Crippen molar-refractivity contribution in [1.82, 2.24) is 19.6 Å². The number of rotatable bonds is 8. The maximum atomic E-state index is 13.0. The highest BCUT2D eigenvalue weighted by atomic mass is 32.2. The zero-order valence-electron chi connectivity index (χ0n) is 19.3. The number of aliphatic carboxylic acids is 1. The Kier molecular flexibility index (Phi) is 7.22. The summed E-state index contributed by atoms with van der Waals surface area (Å²) in [5.74, 6) is -0.0116. The zero-order valence-corrected chi connectivity index (χ0v) is 20.9. The number of oxime groups is 1. The molecule has 2 aliphatic rings. The van der Waals surface area contributed by atoms with Gasteiger partial charge in [0.05, 0.1) is 0 Å². The van der Waals surface area contributed by atoms with Crippen molar-refractivity contribution in [1.29, 1.82) is 0 Å². The second-order valence-corrected chi connectivity index (χ2v) is 9.94. The van der Waals surface area contributed by atoms with E-state index in [0.717, 1.165) is 22.7 Å². The molecule has 1 saturated heterocycles. The van der Waals surface area contributed by atoms with Crippen molar-refractivity contribution < 1.29 is 28.9 Å². The van der Waals surface area contributed by atoms with E-state index in [1.165, 1.54) is 16.7 Å². The van der Waals surface area contributed by atoms with Crippen LogP contribution in [-0.2, 0) is 25.8 Å². The van der Waals surface area contributed by atoms with E-state index >= 15 is 0 Å². The number of fused-ring (bicyclic) bond motifs is 1. The second kappa shape index (κ2) is 10.3. The van der Waals surface area contributed by atoms with Gasteiger partial charge in [-0.3, -0.25) is 14.5 Å². The summed E-state index contributed by atoms with van der Waals surface area (Å²) >= 11 is 2.23. The number of thioether (sulfide) groups is 1. The molecule has 2 aromatic heterocycles. The van der Waals surface area contributed by atoms with Crippen LogP contribution in [0.3, 0.4) is 0 Å². The van der Waals surface area contributed by atoms with Gasteiger partial charge >= 0.3 is 5.97 Å². The smallest absolute Gasteiger partial charge is 0.352 e. The number of carbonyl (C=O) groups is 3. The molecule has 0 bridgehead atoms. The fourth-order valence-corrected chi connectivity index (χ4v) is 5.74. The van der Waals surface area contributed by atoms with Crippen molar-refractivity contribution in [3.05, 3.63) is 46.7 Å². The number of carbonyl (C=O) groups excluding carboxylic acids is 2. The average molecular weight is 529 g/mol. The molecular weight excluding hydrogens is 506 g/mol. The van der Waals surface area contributed by atoms with Crippen LogP contribution in [0.25, 0.3) is 0 Å². The molecule has 2 atom stereocenters. The number of hydrogen-bond acceptors (Lipinski definition) is 10. The number of nitrogens with two attached hydrogens (primary N) is 1. The van der Waals surface area contributed by atoms with Crippen molar-refractivity contribution in [3.8, 4) is 12.3 Å². The third-order valence-corrected chi connectivity index (χ3v) is 7.16. The van der Waals surface area contributed by atoms with Gasteiger partial charge in [0.15, 0.2) is 30.7 Å². The molecule has 0 aliphatic carbocycles. The quantitative estimate of drug-likeness (QED) is 0.105. The van der Waals surface area contributed by atoms with E-state index in [1.807, 2.05) is 36.9 Å². The van der Waals surface area contributed by atoms with E-state index in [9.17, 15) is 19.5 Å². The highest BCUT2D eigenvalue weighted by Crippen LogP contribution is 2.40. The lowest BCUT2D eigenvalue weighted by atomic mass is 10.0. The first-order valence-electron chi connectivity index (χ1n) is 10.6. The molecule has 4 heterocycles. The molecule has 0 aromatic carbocycles. The Hall–Kier alpha value is -3.96. The maximum absolute atomic E-state index is 13.0. The number of nitrogens with one attached hydrogen (secondary N) is 1. The van der Waals surface area contributed by atoms with Gasteiger partial charge in [-0.05, 0) is 19.9 Å². The van der Waals surface area contributed by atoms with Crippen LogP contribution in [0.1, 0.15) is 17.0 Å². The lowest BCUT2D eigenvalue weighted by Crippen LogP contribution is -2.71. The van der Waals surface area contributed by atoms with Crippen molar-refractivity contribution in [2.75, 3.05) is 18.1 Å². The number of β-lactam (4-membered cyclic amide) rings is 1. The molecule has 0 spiro atoms. The maximum Gasteiger partial charge on any atom is 0.352 e. The first-order valence-corrected chi connectivity index (χ1v) is 12.4. The highest BCUT2D eigenvalue weighted by molar-refractivity contribution is 8.00. The molecule has 2 amide bonds. The summed E-state index contributed by atoms with van der Waals surface area (Å²) in [6.45, 7) is 4.04. The molecule has 186 valence electrons. The van der Waals surface area contributed by atoms with Gasteiger partial charge in [0.2, 0.25) is 11.5 Å². The van der Waals surface area contributed by atoms with Gasteiger partial charge in [0, 0.05) is 34.0 Å². The van der Waals surface area contributed by atoms with Crippen LogP contribution in [0.4, 0.5) is 5.13 Å². The lowest BCUT2D eigenvalue weighted by Gasteiger charge is -2.49. The van der Waals surface area contributed by atoms with Gasteiger partial charge in [-0.1, -0.05) is 11.1 Å². The Bertz CT molecular complexity index is 1330. The number of terminal acetylenes is 1. The number of aromatic nitrogens is 3. The van der Waals surface area contributed by atoms with Crippen LogP contribution in [-0.4, -0.2) is 66.6 Å². The summed E-state index contributed by atoms with van der Waals surface area (Å²) in [5.41, 5.74) is 7.92. The van der Waals surface area contributed by atoms with Crippen molar-refractivity contribution in [3.63, 3.8) is 0 Å². The standard InChI is InChI=1S/C22H21N7O5S2/c1-4-5-34-26-14(17-25-22(23)36-27-17)18(30)24-15-19(31)29-16(21(32)33)13(10-35-20(15)29)9-28-7-11(2)6-12(3)8-28/h1,6-8,15,20H,5,9-10H2,2-3H3,(H3-,23,24,25,27,30,32,33)/p+1/t15?,20-/m0/s1. The van der Waals surface area contributed by atoms with Crippen LogP contribution in [0.15, 0.2) is 34.9 Å². The third-order valence-electron chi connectivity index (χ3n) is 5.28. The van der Waals surface area contributed by atoms with Crippen molar-refractivity contribution in [2.45, 2.75) is 31.8 Å². The normalized spacial score (nSPS) is 19.3. The minimum absolute atomic E-state index is 0.0684. The van der Waals surface area contributed by atoms with E-state index in [4.69, 9.17) is 17.0 Å². The van der Waals surface area contributed by atoms with Gasteiger partial charge in [0.25, 0.3) is 11.8 Å². The van der Waals surface area contributed by atoms with Crippen LogP contribution < -0.4 is 15.6 Å². The van der Waals surface area contributed by atoms with E-state index in [1.54, 1.807) is 0 Å². The Labute approximate surface area is 214 Å². The van der Waals surface area contributed by atoms with Crippen LogP contribution >= 0.6 is 23.3 Å². The Morgan fingerprint density at radius 3 is 2.75 bits per heavy atom. The predicted molar refractivity (Wildman–Crippen MR) is 131 cm³/mol. The summed E-state index contributed by atoms with van der Waals surface area (Å²) in [6.07, 6.45) is 8.98. The van der Waals surface area contributed by atoms with Crippen molar-refractivity contribution >= 4 is 51.9 Å². The number of anilines is 1. The van der Waals surface area contributed by atoms with Crippen LogP contribution in [0.2, 0.25) is 0 Å². The zero-order chi connectivity index (χ0) is 26.0. The number of amides is 2. The van der Waals surface area contributed by atoms with E-state index < -0.39 is 29.2 Å². The Morgan fingerprint density at radius 2 is 2.14 bits per heavy atom. The van der Waals surface area contributed by atoms with Crippen LogP contribution in [0.5, 0.6) is 0 Å². The molecule has 2 aliphatic heterocycles. The molecule has 14 heteroatoms. The molecule has 4 N–H and O–H groups in total. The largest absolute Gasteiger partial charge is 0.477 e. The van der Waals surface area contributed by atoms with E-state index in [2.05, 4.69) is 25.8 Å². The summed E-state index contributed by atoms with van der Waals surface area (Å²) < 4.78 is 5.86. The molecule has 12 nitrogen and oxygen atoms in total. The first-order chi connectivity index (χ1) is 17.2. The number of carboxylic acids is 1. The number of nitrogen functional groups attached to an aromatic ring is 1. The van der Waals surface area contributed by atoms with Gasteiger partial charge in [0.1, 0.15) is 17.1 Å². The molecule has 4 rings (SSSR count). The third kappa shape index (κ3) is 5.02. The van der Waals surface area contributed by atoms with Gasteiger partial charge < -0.3 is 21.0 Å². The fraction of sp³-hybridized carbons (Fsp3) is 0.318. The monoisotopic (exact) mass is 528 g/mol. The lowest BCUT2D eigenvalue weighted by molar-refractivity contribution is -0.689. The molecule has 36 heavy (non-hydrogen) atoms. The second-order valence-electron chi connectivity index (χ2n) is 8.05. The number of pyridine rings is 1.